The van der Waals surface area contributed by atoms with Crippen LogP contribution in [0, 0.1) is 0 Å². The van der Waals surface area contributed by atoms with Gasteiger partial charge in [0.2, 0.25) is 0 Å². The van der Waals surface area contributed by atoms with E-state index in [0.29, 0.717) is 11.4 Å². The predicted octanol–water partition coefficient (Wildman–Crippen LogP) is 2.23. The van der Waals surface area contributed by atoms with Gasteiger partial charge >= 0.3 is 0 Å². The number of fused-ring (bicyclic) bond motifs is 3. The van der Waals surface area contributed by atoms with Crippen molar-refractivity contribution in [1.29, 1.82) is 0 Å². The van der Waals surface area contributed by atoms with E-state index < -0.39 is 11.0 Å². The third-order valence-corrected chi connectivity index (χ3v) is 4.62. The van der Waals surface area contributed by atoms with E-state index in [1.165, 1.54) is 6.07 Å². The molecule has 0 spiro atoms. The van der Waals surface area contributed by atoms with Crippen LogP contribution in [0.1, 0.15) is 5.56 Å². The molecule has 0 aliphatic carbocycles. The summed E-state index contributed by atoms with van der Waals surface area (Å²) in [7, 11) is 0.424. The Morgan fingerprint density at radius 2 is 1.68 bits per heavy atom. The van der Waals surface area contributed by atoms with Crippen molar-refractivity contribution in [3.63, 3.8) is 0 Å². The fourth-order valence-corrected chi connectivity index (χ4v) is 3.50. The van der Waals surface area contributed by atoms with Crippen molar-refractivity contribution >= 4 is 11.0 Å². The minimum Gasteiger partial charge on any atom is -0.508 e. The van der Waals surface area contributed by atoms with Crippen molar-refractivity contribution in [3.8, 4) is 22.6 Å². The molecule has 0 fully saturated rings. The molecule has 0 saturated heterocycles. The highest BCUT2D eigenvalue weighted by atomic mass is 32.2. The van der Waals surface area contributed by atoms with Crippen molar-refractivity contribution in [3.05, 3.63) is 42.0 Å². The van der Waals surface area contributed by atoms with Gasteiger partial charge in [0.05, 0.1) is 4.90 Å². The highest BCUT2D eigenvalue weighted by Gasteiger charge is 2.23. The Morgan fingerprint density at radius 1 is 1.05 bits per heavy atom. The molecule has 1 atom stereocenters. The Hall–Kier alpha value is -1.85. The lowest BCUT2D eigenvalue weighted by molar-refractivity contribution is 0.471. The van der Waals surface area contributed by atoms with Crippen LogP contribution >= 0.6 is 0 Å². The Bertz CT molecular complexity index is 684. The van der Waals surface area contributed by atoms with Crippen molar-refractivity contribution < 1.29 is 14.4 Å². The van der Waals surface area contributed by atoms with Crippen LogP contribution in [0.4, 0.5) is 0 Å². The zero-order valence-corrected chi connectivity index (χ0v) is 11.1. The normalized spacial score (nSPS) is 18.5. The lowest BCUT2D eigenvalue weighted by Crippen LogP contribution is -2.19. The molecule has 19 heavy (non-hydrogen) atoms. The van der Waals surface area contributed by atoms with Gasteiger partial charge in [-0.1, -0.05) is 6.07 Å². The van der Waals surface area contributed by atoms with Gasteiger partial charge in [-0.05, 0) is 47.0 Å². The molecule has 1 heterocycles. The maximum atomic E-state index is 12.4. The third kappa shape index (κ3) is 2.01. The smallest absolute Gasteiger partial charge is 0.128 e. The molecule has 0 amide bonds. The average molecular weight is 275 g/mol. The number of rotatable bonds is 0. The molecule has 3 rings (SSSR count). The van der Waals surface area contributed by atoms with E-state index in [9.17, 15) is 14.4 Å². The topological polar surface area (TPSA) is 60.8 Å². The standard InChI is InChI=1S/C14H13NO3S/c1-15-8-9-6-10(16)2-4-12(9)13-5-3-11(17)7-14(13)19(15)18/h2-7,16-17H,8H2,1H3. The molecule has 1 aliphatic heterocycles. The summed E-state index contributed by atoms with van der Waals surface area (Å²) in [6.45, 7) is 0.478. The van der Waals surface area contributed by atoms with Crippen LogP contribution in [-0.4, -0.2) is 25.8 Å². The van der Waals surface area contributed by atoms with Gasteiger partial charge in [-0.15, -0.1) is 0 Å². The average Bonchev–Trinajstić information content (AvgIpc) is 2.47. The molecule has 1 aliphatic rings. The van der Waals surface area contributed by atoms with E-state index in [2.05, 4.69) is 0 Å². The number of benzene rings is 2. The fourth-order valence-electron chi connectivity index (χ4n) is 2.32. The van der Waals surface area contributed by atoms with E-state index in [1.54, 1.807) is 35.6 Å². The van der Waals surface area contributed by atoms with E-state index in [0.717, 1.165) is 16.7 Å². The fraction of sp³-hybridized carbons (Fsp3) is 0.143. The number of hydrogen-bond donors (Lipinski definition) is 2. The first-order valence-corrected chi connectivity index (χ1v) is 6.95. The van der Waals surface area contributed by atoms with Crippen molar-refractivity contribution in [2.75, 3.05) is 7.05 Å². The zero-order chi connectivity index (χ0) is 13.6. The Labute approximate surface area is 113 Å². The number of phenolic OH excluding ortho intramolecular Hbond substituents is 2. The zero-order valence-electron chi connectivity index (χ0n) is 10.3. The van der Waals surface area contributed by atoms with Gasteiger partial charge in [0.25, 0.3) is 0 Å². The van der Waals surface area contributed by atoms with Crippen LogP contribution in [0.5, 0.6) is 11.5 Å². The summed E-state index contributed by atoms with van der Waals surface area (Å²) in [4.78, 5) is 0.590. The van der Waals surface area contributed by atoms with Crippen LogP contribution in [0.2, 0.25) is 0 Å². The Morgan fingerprint density at radius 3 is 2.42 bits per heavy atom. The summed E-state index contributed by atoms with van der Waals surface area (Å²) in [5.74, 6) is 0.294. The maximum Gasteiger partial charge on any atom is 0.128 e. The minimum absolute atomic E-state index is 0.0997. The second-order valence-electron chi connectivity index (χ2n) is 4.56. The summed E-state index contributed by atoms with van der Waals surface area (Å²) < 4.78 is 14.1. The molecule has 4 nitrogen and oxygen atoms in total. The predicted molar refractivity (Wildman–Crippen MR) is 73.1 cm³/mol. The molecule has 2 N–H and O–H groups in total. The summed E-state index contributed by atoms with van der Waals surface area (Å²) in [6, 6.07) is 9.99. The summed E-state index contributed by atoms with van der Waals surface area (Å²) >= 11 is 0. The van der Waals surface area contributed by atoms with Gasteiger partial charge < -0.3 is 10.2 Å². The van der Waals surface area contributed by atoms with Crippen LogP contribution in [0.15, 0.2) is 41.3 Å². The summed E-state index contributed by atoms with van der Waals surface area (Å²) in [5, 5.41) is 19.2. The molecule has 5 heteroatoms. The molecule has 98 valence electrons. The van der Waals surface area contributed by atoms with Crippen LogP contribution in [0.25, 0.3) is 11.1 Å². The van der Waals surface area contributed by atoms with Gasteiger partial charge in [0, 0.05) is 13.6 Å². The largest absolute Gasteiger partial charge is 0.508 e. The number of nitrogens with zero attached hydrogens (tertiary/aromatic N) is 1. The SMILES string of the molecule is CN1Cc2cc(O)ccc2-c2ccc(O)cc2S1=O. The van der Waals surface area contributed by atoms with E-state index in [1.807, 2.05) is 6.07 Å². The second kappa shape index (κ2) is 4.36. The van der Waals surface area contributed by atoms with Crippen LogP contribution < -0.4 is 0 Å². The molecular weight excluding hydrogens is 262 g/mol. The summed E-state index contributed by atoms with van der Waals surface area (Å²) in [6.07, 6.45) is 0. The number of hydrogen-bond acceptors (Lipinski definition) is 3. The molecule has 0 saturated carbocycles. The van der Waals surface area contributed by atoms with Gasteiger partial charge in [-0.2, -0.15) is 0 Å². The Kier molecular flexibility index (Phi) is 2.80. The van der Waals surface area contributed by atoms with Gasteiger partial charge in [0.1, 0.15) is 22.5 Å². The molecule has 0 aromatic heterocycles. The second-order valence-corrected chi connectivity index (χ2v) is 6.12. The van der Waals surface area contributed by atoms with Gasteiger partial charge in [0.15, 0.2) is 0 Å². The highest BCUT2D eigenvalue weighted by molar-refractivity contribution is 7.82. The van der Waals surface area contributed by atoms with E-state index >= 15 is 0 Å². The van der Waals surface area contributed by atoms with Gasteiger partial charge in [-0.3, -0.25) is 0 Å². The first kappa shape index (κ1) is 12.2. The van der Waals surface area contributed by atoms with Crippen molar-refractivity contribution in [1.82, 2.24) is 4.31 Å². The van der Waals surface area contributed by atoms with Gasteiger partial charge in [-0.25, -0.2) is 8.51 Å². The monoisotopic (exact) mass is 275 g/mol. The van der Waals surface area contributed by atoms with Crippen molar-refractivity contribution in [2.45, 2.75) is 11.4 Å². The minimum atomic E-state index is -1.33. The van der Waals surface area contributed by atoms with E-state index in [4.69, 9.17) is 0 Å². The lowest BCUT2D eigenvalue weighted by atomic mass is 9.99. The number of phenols is 2. The highest BCUT2D eigenvalue weighted by Crippen LogP contribution is 2.37. The number of aromatic hydroxyl groups is 2. The Balaban J connectivity index is 2.32. The first-order valence-electron chi connectivity index (χ1n) is 5.84. The van der Waals surface area contributed by atoms with E-state index in [-0.39, 0.29) is 11.5 Å². The summed E-state index contributed by atoms with van der Waals surface area (Å²) in [5.41, 5.74) is 2.68. The molecular formula is C14H13NO3S. The first-order chi connectivity index (χ1) is 9.06. The maximum absolute atomic E-state index is 12.4. The molecule has 0 radical (unpaired) electrons. The van der Waals surface area contributed by atoms with Crippen LogP contribution in [0.3, 0.4) is 0 Å². The third-order valence-electron chi connectivity index (χ3n) is 3.21. The molecule has 2 aromatic carbocycles. The van der Waals surface area contributed by atoms with Crippen LogP contribution in [-0.2, 0) is 17.5 Å². The molecule has 0 bridgehead atoms. The van der Waals surface area contributed by atoms with Crippen molar-refractivity contribution in [2.24, 2.45) is 0 Å². The molecule has 2 aromatic rings. The quantitative estimate of drug-likeness (QED) is 0.775. The molecule has 1 unspecified atom stereocenters. The lowest BCUT2D eigenvalue weighted by Gasteiger charge is -2.13.